The van der Waals surface area contributed by atoms with Crippen molar-refractivity contribution in [2.75, 3.05) is 24.5 Å². The Morgan fingerprint density at radius 2 is 0.667 bits per heavy atom. The lowest BCUT2D eigenvalue weighted by Gasteiger charge is -2.41. The highest BCUT2D eigenvalue weighted by molar-refractivity contribution is 6.11. The Hall–Kier alpha value is -8.05. The molecule has 3 spiro atoms. The van der Waals surface area contributed by atoms with Crippen molar-refractivity contribution in [3.8, 4) is 0 Å². The Morgan fingerprint density at radius 3 is 1.06 bits per heavy atom. The molecule has 626 valence electrons. The van der Waals surface area contributed by atoms with Gasteiger partial charge in [-0.05, 0) is 326 Å². The predicted molar refractivity (Wildman–Crippen MR) is 498 cm³/mol. The average Bonchev–Trinajstić information content (AvgIpc) is 1.52. The van der Waals surface area contributed by atoms with Crippen LogP contribution in [-0.4, -0.2) is 72.9 Å². The molecule has 11 nitrogen and oxygen atoms in total. The molecule has 6 atom stereocenters. The second kappa shape index (κ2) is 30.6. The zero-order chi connectivity index (χ0) is 89.9. The van der Waals surface area contributed by atoms with Crippen molar-refractivity contribution < 1.29 is 22.8 Å². The van der Waals surface area contributed by atoms with Gasteiger partial charge >= 0.3 is 0 Å². The monoisotopic (exact) mass is 1580 g/mol. The fourth-order valence-electron chi connectivity index (χ4n) is 25.1. The number of hydrogen-bond donors (Lipinski definition) is 0. The highest BCUT2D eigenvalue weighted by Crippen LogP contribution is 2.61. The third-order valence-corrected chi connectivity index (χ3v) is 30.4. The van der Waals surface area contributed by atoms with Gasteiger partial charge in [0.25, 0.3) is 0 Å². The number of furan rings is 3. The van der Waals surface area contributed by atoms with Crippen LogP contribution in [-0.2, 0) is 0 Å². The summed E-state index contributed by atoms with van der Waals surface area (Å²) in [6.07, 6.45) is 21.9. The second-order valence-corrected chi connectivity index (χ2v) is 41.5. The number of hydrogen-bond acceptors (Lipinski definition) is 11. The van der Waals surface area contributed by atoms with Gasteiger partial charge < -0.3 is 37.8 Å². The predicted octanol–water partition coefficient (Wildman–Crippen LogP) is 29.3. The van der Waals surface area contributed by atoms with Crippen molar-refractivity contribution in [3.63, 3.8) is 0 Å². The van der Waals surface area contributed by atoms with E-state index in [1.807, 2.05) is 69.1 Å². The first-order chi connectivity index (χ1) is 57.9. The summed E-state index contributed by atoms with van der Waals surface area (Å²) in [5.74, 6) is 0. The molecule has 5 aliphatic heterocycles. The third-order valence-electron chi connectivity index (χ3n) is 30.4. The van der Waals surface area contributed by atoms with E-state index in [1.165, 1.54) is 152 Å². The molecule has 0 radical (unpaired) electrons. The maximum absolute atomic E-state index is 9.04. The van der Waals surface area contributed by atoms with E-state index in [0.717, 1.165) is 97.3 Å². The number of aryl methyl sites for hydroxylation is 7. The number of rotatable bonds is 5. The number of pyridine rings is 3. The van der Waals surface area contributed by atoms with E-state index >= 15 is 0 Å². The van der Waals surface area contributed by atoms with Crippen LogP contribution >= 0.6 is 0 Å². The van der Waals surface area contributed by atoms with Crippen molar-refractivity contribution in [1.82, 2.24) is 15.0 Å². The zero-order valence-electron chi connectivity index (χ0n) is 83.0. The first-order valence-electron chi connectivity index (χ1n) is 48.4. The lowest BCUT2D eigenvalue weighted by molar-refractivity contribution is 0.170. The molecule has 11 heteroatoms. The van der Waals surface area contributed by atoms with Gasteiger partial charge in [0.05, 0.1) is 17.1 Å². The molecule has 8 fully saturated rings. The van der Waals surface area contributed by atoms with E-state index in [2.05, 4.69) is 250 Å². The van der Waals surface area contributed by atoms with Crippen LogP contribution in [0, 0.1) is 75.5 Å². The van der Waals surface area contributed by atoms with Crippen molar-refractivity contribution in [1.29, 1.82) is 0 Å². The van der Waals surface area contributed by atoms with Crippen molar-refractivity contribution >= 4 is 94.6 Å². The molecule has 0 amide bonds. The van der Waals surface area contributed by atoms with Crippen LogP contribution in [0.25, 0.3) is 66.2 Å². The number of nitrogens with zero attached hydrogens (tertiary/aromatic N) is 8. The number of para-hydroxylation sites is 2. The van der Waals surface area contributed by atoms with Crippen LogP contribution in [0.1, 0.15) is 309 Å². The minimum absolute atomic E-state index is 0.0876. The molecule has 3 aliphatic carbocycles. The lowest BCUT2D eigenvalue weighted by atomic mass is 9.68. The van der Waals surface area contributed by atoms with Crippen LogP contribution < -0.4 is 24.5 Å². The molecule has 11 aromatic rings. The van der Waals surface area contributed by atoms with Gasteiger partial charge in [0.1, 0.15) is 0 Å². The highest BCUT2D eigenvalue weighted by Gasteiger charge is 2.58. The van der Waals surface area contributed by atoms with Gasteiger partial charge in [-0.1, -0.05) is 158 Å². The SMILES string of the molecule is Cc1ccc2c(n1)oc1c(N3C(C)C(C)(C)CC3(C)C)c(C)ccc12.Cc1ccc2c(n1)oc1c(N3C(C)C4(CCCCC4)CC3(C)C)c(C)ccc12.Cc1ccc2c(oc3ncccc32)c1N1C(C)C2(CCCCC2)CC1(C)C.[2H]C([2H])([2H])C1(C)C(C)N(c2ccccc2C)C(C)(C)C1([2H])[2H].[2H]C1([2H])C2(CCCCC2)C(C)N(c2ccccc2C)C1(C)C. The molecule has 0 bridgehead atoms. The molecule has 6 aromatic heterocycles. The first kappa shape index (κ1) is 75.2. The molecule has 8 aliphatic rings. The molecular formula is C106H144N8O3. The summed E-state index contributed by atoms with van der Waals surface area (Å²) in [5.41, 5.74) is 17.7. The maximum atomic E-state index is 9.04. The van der Waals surface area contributed by atoms with Crippen LogP contribution in [0.3, 0.4) is 0 Å². The van der Waals surface area contributed by atoms with Crippen LogP contribution in [0.5, 0.6) is 0 Å². The summed E-state index contributed by atoms with van der Waals surface area (Å²) < 4.78 is 78.3. The second-order valence-electron chi connectivity index (χ2n) is 41.5. The highest BCUT2D eigenvalue weighted by atomic mass is 16.3. The fraction of sp³-hybridized carbons (Fsp3) is 0.575. The molecule has 117 heavy (non-hydrogen) atoms. The molecule has 19 rings (SSSR count). The topological polar surface area (TPSA) is 94.3 Å². The quantitative estimate of drug-likeness (QED) is 0.165. The average molecular weight is 1590 g/mol. The lowest BCUT2D eigenvalue weighted by Crippen LogP contribution is -2.44. The summed E-state index contributed by atoms with van der Waals surface area (Å²) in [7, 11) is 0. The minimum Gasteiger partial charge on any atom is -0.436 e. The summed E-state index contributed by atoms with van der Waals surface area (Å²) in [6.45, 7) is 52.2. The van der Waals surface area contributed by atoms with Gasteiger partial charge in [-0.25, -0.2) is 15.0 Å². The number of benzene rings is 5. The molecule has 5 aromatic carbocycles. The first-order valence-corrected chi connectivity index (χ1v) is 44.9. The number of anilines is 5. The Labute approximate surface area is 713 Å². The van der Waals surface area contributed by atoms with Gasteiger partial charge in [0.2, 0.25) is 17.1 Å². The van der Waals surface area contributed by atoms with Crippen molar-refractivity contribution in [3.05, 3.63) is 167 Å². The molecule has 6 unspecified atom stereocenters. The Bertz CT molecular complexity index is 5800. The summed E-state index contributed by atoms with van der Waals surface area (Å²) in [4.78, 5) is 26.1. The largest absolute Gasteiger partial charge is 0.436 e. The van der Waals surface area contributed by atoms with Gasteiger partial charge in [-0.3, -0.25) is 0 Å². The van der Waals surface area contributed by atoms with Crippen LogP contribution in [0.15, 0.2) is 141 Å². The summed E-state index contributed by atoms with van der Waals surface area (Å²) >= 11 is 0. The smallest absolute Gasteiger partial charge is 0.227 e. The summed E-state index contributed by atoms with van der Waals surface area (Å²) in [5, 5.41) is 6.88. The number of aromatic nitrogens is 3. The minimum atomic E-state index is -2.38. The Kier molecular flexibility index (Phi) is 19.6. The van der Waals surface area contributed by atoms with Crippen molar-refractivity contribution in [2.24, 2.45) is 27.1 Å². The third kappa shape index (κ3) is 14.8. The zero-order valence-corrected chi connectivity index (χ0v) is 76.0. The standard InChI is InChI=1S/C25H32N2O.C24H30N2O.C22H28N2O.C19H29N.C16H25N/c1-16-9-11-19-20-12-10-17(2)26-23(20)28-22(19)21(16)27-18(3)25(15-24(27,4)5)13-7-6-8-14-25;1-16-10-11-18-19-9-8-14-25-22(19)27-21(18)20(16)26-17(2)24(15-23(26,3)4)12-6-5-7-13-24;1-13-8-10-16-17-11-9-14(2)23-20(17)25-19(16)18(13)24-15(3)21(4,5)12-22(24,6)7;1-15-10-6-7-11-17(15)20-16(2)19(14-18(20,3)4)12-8-5-9-13-19;1-12-9-7-8-10-14(12)17-13(2)15(3,4)11-16(17,5)6/h9-12,18H,6-8,13-15H2,1-5H3;8-11,14,17H,5-7,12-13,15H2,1-4H3;8-11,15H,12H2,1-7H3;6-7,10-11,16H,5,8-9,12-14H2,1-4H3;7-10,13H,11H2,1-6H3/i;;;14D2;3D3,11D2. The molecular weight excluding hydrogens is 1430 g/mol. The fourth-order valence-corrected chi connectivity index (χ4v) is 25.1. The van der Waals surface area contributed by atoms with Gasteiger partial charge in [0, 0.05) is 129 Å². The molecule has 0 N–H and O–H groups in total. The molecule has 5 saturated heterocycles. The molecule has 11 heterocycles. The number of fused-ring (bicyclic) bond motifs is 9. The van der Waals surface area contributed by atoms with Gasteiger partial charge in [-0.2, -0.15) is 0 Å². The van der Waals surface area contributed by atoms with Crippen LogP contribution in [0.4, 0.5) is 28.4 Å². The van der Waals surface area contributed by atoms with E-state index in [4.69, 9.17) is 22.8 Å². The van der Waals surface area contributed by atoms with Gasteiger partial charge in [0.15, 0.2) is 16.7 Å². The van der Waals surface area contributed by atoms with E-state index in [0.29, 0.717) is 29.0 Å². The maximum Gasteiger partial charge on any atom is 0.227 e. The Morgan fingerprint density at radius 1 is 0.325 bits per heavy atom. The summed E-state index contributed by atoms with van der Waals surface area (Å²) in [6, 6.07) is 43.3. The normalized spacial score (nSPS) is 27.3. The molecule has 3 saturated carbocycles. The van der Waals surface area contributed by atoms with E-state index in [-0.39, 0.29) is 33.5 Å². The Balaban J connectivity index is 0.000000120. The van der Waals surface area contributed by atoms with Crippen molar-refractivity contribution in [2.45, 2.75) is 366 Å². The van der Waals surface area contributed by atoms with E-state index in [1.54, 1.807) is 20.8 Å². The van der Waals surface area contributed by atoms with Gasteiger partial charge in [-0.15, -0.1) is 0 Å². The van der Waals surface area contributed by atoms with E-state index in [9.17, 15) is 0 Å². The van der Waals surface area contributed by atoms with E-state index < -0.39 is 42.1 Å². The van der Waals surface area contributed by atoms with Crippen LogP contribution in [0.2, 0.25) is 0 Å².